The molecule has 110 valence electrons. The molecule has 2 aromatic carbocycles. The van der Waals surface area contributed by atoms with Gasteiger partial charge in [0.2, 0.25) is 5.91 Å². The van der Waals surface area contributed by atoms with Crippen LogP contribution in [-0.2, 0) is 5.41 Å². The summed E-state index contributed by atoms with van der Waals surface area (Å²) in [5.41, 5.74) is 9.14. The number of carbonyl (C=O) groups is 1. The molecule has 0 radical (unpaired) electrons. The minimum atomic E-state index is -0.404. The number of halogens is 1. The first-order valence-electron chi connectivity index (χ1n) is 7.05. The fourth-order valence-corrected chi connectivity index (χ4v) is 2.30. The van der Waals surface area contributed by atoms with Gasteiger partial charge in [-0.2, -0.15) is 0 Å². The summed E-state index contributed by atoms with van der Waals surface area (Å²) < 4.78 is 0. The summed E-state index contributed by atoms with van der Waals surface area (Å²) in [6.45, 7) is 6.47. The SMILES string of the molecule is CCC(C)(C)c1cc(C(N)=O)cc(-c2ccc(Cl)cc2)c1. The van der Waals surface area contributed by atoms with E-state index in [0.717, 1.165) is 23.1 Å². The molecular weight excluding hydrogens is 282 g/mol. The highest BCUT2D eigenvalue weighted by Gasteiger charge is 2.20. The summed E-state index contributed by atoms with van der Waals surface area (Å²) in [5, 5.41) is 0.693. The molecule has 1 amide bonds. The average Bonchev–Trinajstić information content (AvgIpc) is 2.47. The lowest BCUT2D eigenvalue weighted by atomic mass is 9.80. The van der Waals surface area contributed by atoms with Crippen molar-refractivity contribution in [1.29, 1.82) is 0 Å². The molecule has 0 aliphatic carbocycles. The molecule has 0 aliphatic rings. The van der Waals surface area contributed by atoms with Gasteiger partial charge in [-0.3, -0.25) is 4.79 Å². The molecule has 0 spiro atoms. The maximum absolute atomic E-state index is 11.6. The van der Waals surface area contributed by atoms with Gasteiger partial charge in [0.15, 0.2) is 0 Å². The van der Waals surface area contributed by atoms with Gasteiger partial charge in [-0.25, -0.2) is 0 Å². The number of hydrogen-bond donors (Lipinski definition) is 1. The van der Waals surface area contributed by atoms with Crippen molar-refractivity contribution in [1.82, 2.24) is 0 Å². The lowest BCUT2D eigenvalue weighted by Gasteiger charge is -2.24. The summed E-state index contributed by atoms with van der Waals surface area (Å²) in [7, 11) is 0. The Bertz CT molecular complexity index is 659. The Kier molecular flexibility index (Phi) is 4.38. The first-order chi connectivity index (χ1) is 9.83. The van der Waals surface area contributed by atoms with Crippen LogP contribution in [-0.4, -0.2) is 5.91 Å². The van der Waals surface area contributed by atoms with Crippen LogP contribution in [0.3, 0.4) is 0 Å². The van der Waals surface area contributed by atoms with Gasteiger partial charge in [-0.05, 0) is 52.8 Å². The van der Waals surface area contributed by atoms with Gasteiger partial charge < -0.3 is 5.73 Å². The van der Waals surface area contributed by atoms with Gasteiger partial charge >= 0.3 is 0 Å². The second-order valence-corrected chi connectivity index (χ2v) is 6.34. The van der Waals surface area contributed by atoms with E-state index in [-0.39, 0.29) is 5.41 Å². The predicted octanol–water partition coefficient (Wildman–Crippen LogP) is 4.79. The highest BCUT2D eigenvalue weighted by atomic mass is 35.5. The van der Waals surface area contributed by atoms with Crippen LogP contribution in [0, 0.1) is 0 Å². The molecule has 0 atom stereocenters. The Hall–Kier alpha value is -1.80. The lowest BCUT2D eigenvalue weighted by Crippen LogP contribution is -2.18. The molecule has 0 aromatic heterocycles. The number of hydrogen-bond acceptors (Lipinski definition) is 1. The first kappa shape index (κ1) is 15.6. The Labute approximate surface area is 130 Å². The minimum Gasteiger partial charge on any atom is -0.366 e. The fraction of sp³-hybridized carbons (Fsp3) is 0.278. The van der Waals surface area contributed by atoms with E-state index in [0.29, 0.717) is 10.6 Å². The molecule has 0 heterocycles. The van der Waals surface area contributed by atoms with Crippen molar-refractivity contribution in [2.45, 2.75) is 32.6 Å². The topological polar surface area (TPSA) is 43.1 Å². The molecule has 2 aromatic rings. The van der Waals surface area contributed by atoms with E-state index in [4.69, 9.17) is 17.3 Å². The number of nitrogens with two attached hydrogens (primary N) is 1. The molecule has 2 nitrogen and oxygen atoms in total. The van der Waals surface area contributed by atoms with Crippen LogP contribution in [0.5, 0.6) is 0 Å². The van der Waals surface area contributed by atoms with Crippen LogP contribution in [0.1, 0.15) is 43.1 Å². The maximum Gasteiger partial charge on any atom is 0.248 e. The van der Waals surface area contributed by atoms with Crippen LogP contribution in [0.15, 0.2) is 42.5 Å². The summed E-state index contributed by atoms with van der Waals surface area (Å²) >= 11 is 5.93. The molecular formula is C18H20ClNO. The van der Waals surface area contributed by atoms with Crippen LogP contribution in [0.2, 0.25) is 5.02 Å². The number of amides is 1. The fourth-order valence-electron chi connectivity index (χ4n) is 2.17. The van der Waals surface area contributed by atoms with E-state index < -0.39 is 5.91 Å². The Morgan fingerprint density at radius 2 is 1.71 bits per heavy atom. The molecule has 2 rings (SSSR count). The molecule has 3 heteroatoms. The molecule has 0 fully saturated rings. The van der Waals surface area contributed by atoms with Crippen molar-refractivity contribution in [3.63, 3.8) is 0 Å². The highest BCUT2D eigenvalue weighted by molar-refractivity contribution is 6.30. The third kappa shape index (κ3) is 3.45. The standard InChI is InChI=1S/C18H20ClNO/c1-4-18(2,3)15-10-13(9-14(11-15)17(20)21)12-5-7-16(19)8-6-12/h5-11H,4H2,1-3H3,(H2,20,21). The van der Waals surface area contributed by atoms with Gasteiger partial charge in [-0.15, -0.1) is 0 Å². The van der Waals surface area contributed by atoms with Gasteiger partial charge in [0.25, 0.3) is 0 Å². The van der Waals surface area contributed by atoms with Crippen molar-refractivity contribution in [3.05, 3.63) is 58.6 Å². The second-order valence-electron chi connectivity index (χ2n) is 5.91. The van der Waals surface area contributed by atoms with Crippen LogP contribution >= 0.6 is 11.6 Å². The zero-order valence-electron chi connectivity index (χ0n) is 12.6. The molecule has 0 saturated heterocycles. The lowest BCUT2D eigenvalue weighted by molar-refractivity contribution is 0.1000. The van der Waals surface area contributed by atoms with E-state index in [1.54, 1.807) is 0 Å². The van der Waals surface area contributed by atoms with Crippen LogP contribution in [0.4, 0.5) is 0 Å². The normalized spacial score (nSPS) is 11.4. The first-order valence-corrected chi connectivity index (χ1v) is 7.42. The smallest absolute Gasteiger partial charge is 0.248 e. The Morgan fingerprint density at radius 1 is 1.10 bits per heavy atom. The Balaban J connectivity index is 2.60. The molecule has 0 bridgehead atoms. The number of rotatable bonds is 4. The van der Waals surface area contributed by atoms with Gasteiger partial charge in [0, 0.05) is 10.6 Å². The van der Waals surface area contributed by atoms with Crippen LogP contribution in [0.25, 0.3) is 11.1 Å². The van der Waals surface area contributed by atoms with E-state index in [9.17, 15) is 4.79 Å². The van der Waals surface area contributed by atoms with Crippen molar-refractivity contribution in [2.24, 2.45) is 5.73 Å². The third-order valence-corrected chi connectivity index (χ3v) is 4.31. The van der Waals surface area contributed by atoms with Gasteiger partial charge in [-0.1, -0.05) is 50.6 Å². The molecule has 0 aliphatic heterocycles. The predicted molar refractivity (Wildman–Crippen MR) is 88.7 cm³/mol. The van der Waals surface area contributed by atoms with E-state index in [1.165, 1.54) is 0 Å². The quantitative estimate of drug-likeness (QED) is 0.866. The average molecular weight is 302 g/mol. The van der Waals surface area contributed by atoms with E-state index >= 15 is 0 Å². The van der Waals surface area contributed by atoms with Crippen LogP contribution < -0.4 is 5.73 Å². The summed E-state index contributed by atoms with van der Waals surface area (Å²) in [6.07, 6.45) is 0.981. The zero-order chi connectivity index (χ0) is 15.6. The number of carbonyl (C=O) groups excluding carboxylic acids is 1. The number of benzene rings is 2. The molecule has 0 saturated carbocycles. The summed E-state index contributed by atoms with van der Waals surface area (Å²) in [5.74, 6) is -0.404. The maximum atomic E-state index is 11.6. The molecule has 2 N–H and O–H groups in total. The van der Waals surface area contributed by atoms with Gasteiger partial charge in [0.05, 0.1) is 0 Å². The second kappa shape index (κ2) is 5.90. The minimum absolute atomic E-state index is 0.00731. The summed E-state index contributed by atoms with van der Waals surface area (Å²) in [4.78, 5) is 11.6. The van der Waals surface area contributed by atoms with Crippen molar-refractivity contribution >= 4 is 17.5 Å². The van der Waals surface area contributed by atoms with E-state index in [1.807, 2.05) is 36.4 Å². The van der Waals surface area contributed by atoms with Gasteiger partial charge in [0.1, 0.15) is 0 Å². The molecule has 0 unspecified atom stereocenters. The monoisotopic (exact) mass is 301 g/mol. The van der Waals surface area contributed by atoms with Crippen molar-refractivity contribution < 1.29 is 4.79 Å². The number of primary amides is 1. The zero-order valence-corrected chi connectivity index (χ0v) is 13.4. The largest absolute Gasteiger partial charge is 0.366 e. The van der Waals surface area contributed by atoms with Crippen molar-refractivity contribution in [2.75, 3.05) is 0 Å². The highest BCUT2D eigenvalue weighted by Crippen LogP contribution is 2.32. The summed E-state index contributed by atoms with van der Waals surface area (Å²) in [6, 6.07) is 13.4. The van der Waals surface area contributed by atoms with Crippen molar-refractivity contribution in [3.8, 4) is 11.1 Å². The van der Waals surface area contributed by atoms with E-state index in [2.05, 4.69) is 26.8 Å². The Morgan fingerprint density at radius 3 is 2.24 bits per heavy atom. The third-order valence-electron chi connectivity index (χ3n) is 4.06. The molecule has 21 heavy (non-hydrogen) atoms.